The van der Waals surface area contributed by atoms with Crippen LogP contribution in [-0.2, 0) is 6.54 Å². The molecule has 7 heteroatoms. The summed E-state index contributed by atoms with van der Waals surface area (Å²) in [6, 6.07) is 4.76. The van der Waals surface area contributed by atoms with Crippen molar-refractivity contribution in [3.63, 3.8) is 0 Å². The van der Waals surface area contributed by atoms with E-state index in [1.54, 1.807) is 24.4 Å². The summed E-state index contributed by atoms with van der Waals surface area (Å²) in [5, 5.41) is 8.43. The van der Waals surface area contributed by atoms with Crippen molar-refractivity contribution in [2.24, 2.45) is 0 Å². The summed E-state index contributed by atoms with van der Waals surface area (Å²) < 4.78 is 4.66. The monoisotopic (exact) mass is 339 g/mol. The van der Waals surface area contributed by atoms with Gasteiger partial charge in [-0.25, -0.2) is 4.63 Å². The Morgan fingerprint density at radius 3 is 2.50 bits per heavy atom. The van der Waals surface area contributed by atoms with Gasteiger partial charge in [-0.1, -0.05) is 33.5 Å². The Balaban J connectivity index is 2.08. The molecule has 22 heavy (non-hydrogen) atoms. The van der Waals surface area contributed by atoms with Crippen molar-refractivity contribution in [2.45, 2.75) is 20.4 Å². The first-order chi connectivity index (χ1) is 10.5. The van der Waals surface area contributed by atoms with E-state index in [9.17, 15) is 4.79 Å². The lowest BCUT2D eigenvalue weighted by atomic mass is 10.1. The highest BCUT2D eigenvalue weighted by Gasteiger charge is 2.09. The van der Waals surface area contributed by atoms with Crippen LogP contribution in [0.15, 0.2) is 35.1 Å². The molecule has 0 fully saturated rings. The Labute approximate surface area is 138 Å². The van der Waals surface area contributed by atoms with Gasteiger partial charge in [-0.2, -0.15) is 0 Å². The predicted octanol–water partition coefficient (Wildman–Crippen LogP) is 3.90. The van der Waals surface area contributed by atoms with Gasteiger partial charge < -0.3 is 4.90 Å². The number of aryl methyl sites for hydroxylation is 1. The van der Waals surface area contributed by atoms with E-state index in [0.29, 0.717) is 28.7 Å². The lowest BCUT2D eigenvalue weighted by molar-refractivity contribution is 0.104. The van der Waals surface area contributed by atoms with Gasteiger partial charge in [0.15, 0.2) is 5.78 Å². The maximum absolute atomic E-state index is 12.2. The minimum absolute atomic E-state index is 0.169. The van der Waals surface area contributed by atoms with Gasteiger partial charge in [-0.3, -0.25) is 4.79 Å². The van der Waals surface area contributed by atoms with Crippen molar-refractivity contribution in [1.82, 2.24) is 15.2 Å². The van der Waals surface area contributed by atoms with Crippen molar-refractivity contribution in [3.05, 3.63) is 57.5 Å². The van der Waals surface area contributed by atoms with E-state index in [0.717, 1.165) is 11.4 Å². The van der Waals surface area contributed by atoms with Crippen LogP contribution in [0.2, 0.25) is 10.0 Å². The van der Waals surface area contributed by atoms with Crippen LogP contribution in [0.5, 0.6) is 0 Å². The molecule has 0 amide bonds. The van der Waals surface area contributed by atoms with Gasteiger partial charge in [0.25, 0.3) is 0 Å². The molecule has 1 aromatic heterocycles. The summed E-state index contributed by atoms with van der Waals surface area (Å²) in [7, 11) is 0. The summed E-state index contributed by atoms with van der Waals surface area (Å²) in [6.45, 7) is 5.04. The van der Waals surface area contributed by atoms with Gasteiger partial charge in [0.1, 0.15) is 11.4 Å². The Hall–Kier alpha value is -1.85. The molecule has 0 saturated heterocycles. The molecular weight excluding hydrogens is 325 g/mol. The quantitative estimate of drug-likeness (QED) is 0.590. The van der Waals surface area contributed by atoms with Crippen LogP contribution >= 0.6 is 23.2 Å². The first-order valence-corrected chi connectivity index (χ1v) is 7.46. The number of benzene rings is 1. The van der Waals surface area contributed by atoms with Gasteiger partial charge in [0.05, 0.1) is 6.54 Å². The number of hydrogen-bond donors (Lipinski definition) is 0. The molecule has 0 aliphatic rings. The topological polar surface area (TPSA) is 59.2 Å². The number of rotatable bonds is 6. The minimum atomic E-state index is -0.169. The van der Waals surface area contributed by atoms with Crippen LogP contribution in [0.4, 0.5) is 0 Å². The Bertz CT molecular complexity index is 678. The summed E-state index contributed by atoms with van der Waals surface area (Å²) in [5.41, 5.74) is 1.92. The average Bonchev–Trinajstić information content (AvgIpc) is 2.87. The van der Waals surface area contributed by atoms with E-state index >= 15 is 0 Å². The third kappa shape index (κ3) is 4.32. The molecule has 116 valence electrons. The second kappa shape index (κ2) is 7.42. The van der Waals surface area contributed by atoms with E-state index in [1.807, 2.05) is 18.7 Å². The zero-order valence-electron chi connectivity index (χ0n) is 12.2. The molecule has 0 aliphatic carbocycles. The summed E-state index contributed by atoms with van der Waals surface area (Å²) in [5.74, 6) is -0.169. The lowest BCUT2D eigenvalue weighted by Gasteiger charge is -2.16. The van der Waals surface area contributed by atoms with Gasteiger partial charge in [0.2, 0.25) is 0 Å². The molecule has 2 aromatic rings. The first-order valence-electron chi connectivity index (χ1n) is 6.70. The van der Waals surface area contributed by atoms with Crippen molar-refractivity contribution in [1.29, 1.82) is 0 Å². The number of aromatic nitrogens is 2. The molecule has 0 unspecified atom stereocenters. The fraction of sp³-hybridized carbons (Fsp3) is 0.267. The minimum Gasteiger partial charge on any atom is -0.371 e. The molecular formula is C15H15Cl2N3O2. The van der Waals surface area contributed by atoms with E-state index in [4.69, 9.17) is 23.2 Å². The summed E-state index contributed by atoms with van der Waals surface area (Å²) in [6.07, 6.45) is 3.19. The molecule has 0 atom stereocenters. The van der Waals surface area contributed by atoms with Crippen LogP contribution in [0.1, 0.15) is 28.7 Å². The summed E-state index contributed by atoms with van der Waals surface area (Å²) in [4.78, 5) is 14.1. The van der Waals surface area contributed by atoms with Crippen LogP contribution in [0, 0.1) is 6.92 Å². The zero-order valence-corrected chi connectivity index (χ0v) is 13.7. The van der Waals surface area contributed by atoms with Crippen LogP contribution in [-0.4, -0.2) is 27.5 Å². The highest BCUT2D eigenvalue weighted by Crippen LogP contribution is 2.19. The number of ketones is 1. The molecule has 5 nitrogen and oxygen atoms in total. The normalized spacial score (nSPS) is 11.1. The molecule has 0 aliphatic heterocycles. The first kappa shape index (κ1) is 16.5. The molecule has 0 N–H and O–H groups in total. The molecule has 0 saturated carbocycles. The van der Waals surface area contributed by atoms with Crippen molar-refractivity contribution < 1.29 is 9.42 Å². The van der Waals surface area contributed by atoms with Gasteiger partial charge in [-0.05, 0) is 32.0 Å². The third-order valence-electron chi connectivity index (χ3n) is 3.09. The van der Waals surface area contributed by atoms with E-state index < -0.39 is 0 Å². The average molecular weight is 340 g/mol. The zero-order chi connectivity index (χ0) is 16.1. The maximum atomic E-state index is 12.2. The molecule has 1 aromatic carbocycles. The highest BCUT2D eigenvalue weighted by molar-refractivity contribution is 6.35. The van der Waals surface area contributed by atoms with E-state index in [1.165, 1.54) is 6.08 Å². The van der Waals surface area contributed by atoms with Gasteiger partial charge in [0, 0.05) is 34.4 Å². The Kier molecular flexibility index (Phi) is 5.57. The number of halogens is 2. The second-order valence-corrected chi connectivity index (χ2v) is 5.57. The van der Waals surface area contributed by atoms with E-state index in [2.05, 4.69) is 14.9 Å². The van der Waals surface area contributed by atoms with Crippen molar-refractivity contribution in [2.75, 3.05) is 6.54 Å². The smallest absolute Gasteiger partial charge is 0.187 e. The highest BCUT2D eigenvalue weighted by atomic mass is 35.5. The van der Waals surface area contributed by atoms with Crippen LogP contribution < -0.4 is 0 Å². The lowest BCUT2D eigenvalue weighted by Crippen LogP contribution is -2.17. The van der Waals surface area contributed by atoms with Crippen molar-refractivity contribution in [3.8, 4) is 0 Å². The number of carbonyl (C=O) groups excluding carboxylic acids is 1. The molecule has 0 bridgehead atoms. The SMILES string of the molecule is CCN(C=CC(=O)c1cc(Cl)cc(Cl)c1)Cc1nonc1C. The molecule has 1 heterocycles. The predicted molar refractivity (Wildman–Crippen MR) is 85.1 cm³/mol. The van der Waals surface area contributed by atoms with Gasteiger partial charge in [-0.15, -0.1) is 0 Å². The van der Waals surface area contributed by atoms with Crippen LogP contribution in [0.25, 0.3) is 0 Å². The third-order valence-corrected chi connectivity index (χ3v) is 3.53. The largest absolute Gasteiger partial charge is 0.371 e. The van der Waals surface area contributed by atoms with E-state index in [-0.39, 0.29) is 5.78 Å². The Morgan fingerprint density at radius 1 is 1.27 bits per heavy atom. The maximum Gasteiger partial charge on any atom is 0.187 e. The van der Waals surface area contributed by atoms with Crippen LogP contribution in [0.3, 0.4) is 0 Å². The van der Waals surface area contributed by atoms with Crippen molar-refractivity contribution >= 4 is 29.0 Å². The molecule has 0 radical (unpaired) electrons. The number of carbonyl (C=O) groups is 1. The fourth-order valence-corrected chi connectivity index (χ4v) is 2.35. The number of allylic oxidation sites excluding steroid dienone is 1. The number of hydrogen-bond acceptors (Lipinski definition) is 5. The number of nitrogens with zero attached hydrogens (tertiary/aromatic N) is 3. The van der Waals surface area contributed by atoms with Gasteiger partial charge >= 0.3 is 0 Å². The second-order valence-electron chi connectivity index (χ2n) is 4.70. The Morgan fingerprint density at radius 2 is 1.95 bits per heavy atom. The standard InChI is InChI=1S/C15H15Cl2N3O2/c1-3-20(9-14-10(2)18-22-19-14)5-4-15(21)11-6-12(16)8-13(17)7-11/h4-8H,3,9H2,1-2H3. The fourth-order valence-electron chi connectivity index (χ4n) is 1.82. The molecule has 2 rings (SSSR count). The summed E-state index contributed by atoms with van der Waals surface area (Å²) >= 11 is 11.8. The molecule has 0 spiro atoms.